The number of ether oxygens (including phenoxy) is 5. The van der Waals surface area contributed by atoms with E-state index in [1.807, 2.05) is 0 Å². The molecule has 6 aliphatic rings. The molecule has 1 aliphatic carbocycles. The topological polar surface area (TPSA) is 432 Å². The van der Waals surface area contributed by atoms with Crippen molar-refractivity contribution in [2.24, 2.45) is 5.92 Å². The molecule has 14 N–H and O–H groups in total. The summed E-state index contributed by atoms with van der Waals surface area (Å²) in [5, 5.41) is 155. The van der Waals surface area contributed by atoms with Crippen LogP contribution in [-0.2, 0) is 33.3 Å². The summed E-state index contributed by atoms with van der Waals surface area (Å²) in [6, 6.07) is 0.798. The van der Waals surface area contributed by atoms with Crippen LogP contribution in [0.15, 0.2) is 17.9 Å². The van der Waals surface area contributed by atoms with Crippen molar-refractivity contribution >= 4 is 41.2 Å². The van der Waals surface area contributed by atoms with Crippen LogP contribution >= 0.6 is 0 Å². The minimum Gasteiger partial charge on any atom is -0.504 e. The summed E-state index contributed by atoms with van der Waals surface area (Å²) in [4.78, 5) is 85.2. The number of hydrogen-bond donors (Lipinski definition) is 14. The molecule has 5 heterocycles. The number of esters is 5. The summed E-state index contributed by atoms with van der Waals surface area (Å²) in [5.74, 6) is -31.6. The van der Waals surface area contributed by atoms with Crippen LogP contribution in [0.3, 0.4) is 0 Å². The quantitative estimate of drug-likeness (QED) is 0.0658. The highest BCUT2D eigenvalue weighted by Crippen LogP contribution is 2.61. The fourth-order valence-electron chi connectivity index (χ4n) is 8.57. The fraction of sp³-hybridized carbons (Fsp3) is 0.200. The first-order chi connectivity index (χ1) is 30.6. The molecule has 6 atom stereocenters. The van der Waals surface area contributed by atoms with Crippen LogP contribution in [0.1, 0.15) is 65.1 Å². The maximum absolute atomic E-state index is 14.9. The maximum atomic E-state index is 14.9. The zero-order valence-corrected chi connectivity index (χ0v) is 31.8. The monoisotopic (exact) mass is 906 g/mol. The number of ketones is 1. The van der Waals surface area contributed by atoms with Gasteiger partial charge in [-0.2, -0.15) is 0 Å². The van der Waals surface area contributed by atoms with Crippen molar-refractivity contribution in [3.05, 3.63) is 51.3 Å². The van der Waals surface area contributed by atoms with Crippen LogP contribution in [0.4, 0.5) is 0 Å². The number of aliphatic hydroxyl groups excluding tert-OH is 2. The molecule has 0 fully saturated rings. The summed E-state index contributed by atoms with van der Waals surface area (Å²) < 4.78 is 27.9. The van der Waals surface area contributed by atoms with E-state index in [9.17, 15) is 100 Å². The first-order valence-corrected chi connectivity index (χ1v) is 18.4. The van der Waals surface area contributed by atoms with Crippen molar-refractivity contribution in [2.45, 2.75) is 36.9 Å². The zero-order valence-electron chi connectivity index (χ0n) is 31.8. The van der Waals surface area contributed by atoms with Crippen LogP contribution in [0.2, 0.25) is 0 Å². The number of aliphatic hydroxyl groups is 2. The molecule has 336 valence electrons. The number of aromatic hydroxyl groups is 12. The summed E-state index contributed by atoms with van der Waals surface area (Å²) in [6.07, 6.45) is -14.2. The predicted molar refractivity (Wildman–Crippen MR) is 199 cm³/mol. The Balaban J connectivity index is 1.40. The highest BCUT2D eigenvalue weighted by atomic mass is 16.6. The molecule has 6 bridgehead atoms. The van der Waals surface area contributed by atoms with Gasteiger partial charge >= 0.3 is 29.8 Å². The van der Waals surface area contributed by atoms with E-state index in [-0.39, 0.29) is 0 Å². The summed E-state index contributed by atoms with van der Waals surface area (Å²) in [7, 11) is 0. The molecule has 4 aromatic carbocycles. The lowest BCUT2D eigenvalue weighted by molar-refractivity contribution is -0.180. The predicted octanol–water partition coefficient (Wildman–Crippen LogP) is 0.779. The highest BCUT2D eigenvalue weighted by molar-refractivity contribution is 6.18. The van der Waals surface area contributed by atoms with Gasteiger partial charge in [0, 0.05) is 45.4 Å². The molecule has 0 saturated heterocycles. The van der Waals surface area contributed by atoms with Crippen LogP contribution in [-0.4, -0.2) is 138 Å². The SMILES string of the molecule is O=C1CC2C(=O)O[C@@H]3COC(=O)c4cc(O)c(O)c(O)c4-c4c(cc(O)c(O)c4O)C(=O)O[C@H]3[C@@H]3OC(=O)c4c(c(O)c(O)c(O)c4-c4c(O)c(O)c(O)c5c4C(=O)O[C@H]3[C@H]5O)C2=C1O. The number of cyclic esters (lactones) is 1. The van der Waals surface area contributed by atoms with Gasteiger partial charge < -0.3 is 95.2 Å². The Morgan fingerprint density at radius 3 is 1.52 bits per heavy atom. The van der Waals surface area contributed by atoms with Gasteiger partial charge in [-0.1, -0.05) is 0 Å². The molecule has 0 radical (unpaired) electrons. The van der Waals surface area contributed by atoms with E-state index >= 15 is 0 Å². The molecule has 5 aliphatic heterocycles. The molecule has 0 aromatic heterocycles. The number of carbonyl (C=O) groups is 6. The van der Waals surface area contributed by atoms with Gasteiger partial charge in [-0.3, -0.25) is 9.59 Å². The molecular formula is C40H26O25. The number of carbonyl (C=O) groups excluding carboxylic acids is 6. The van der Waals surface area contributed by atoms with Gasteiger partial charge in [-0.05, 0) is 12.1 Å². The number of fused-ring (bicyclic) bond motifs is 7. The Kier molecular flexibility index (Phi) is 8.75. The van der Waals surface area contributed by atoms with E-state index in [4.69, 9.17) is 23.7 Å². The third-order valence-electron chi connectivity index (χ3n) is 11.5. The maximum Gasteiger partial charge on any atom is 0.340 e. The largest absolute Gasteiger partial charge is 0.504 e. The molecule has 25 nitrogen and oxygen atoms in total. The minimum absolute atomic E-state index is 0.361. The lowest BCUT2D eigenvalue weighted by Crippen LogP contribution is -2.56. The average molecular weight is 907 g/mol. The van der Waals surface area contributed by atoms with Crippen LogP contribution in [0.5, 0.6) is 69.0 Å². The van der Waals surface area contributed by atoms with E-state index in [0.717, 1.165) is 0 Å². The second-order valence-electron chi connectivity index (χ2n) is 15.0. The van der Waals surface area contributed by atoms with Crippen molar-refractivity contribution in [1.82, 2.24) is 0 Å². The average Bonchev–Trinajstić information content (AvgIpc) is 3.55. The van der Waals surface area contributed by atoms with Gasteiger partial charge in [0.25, 0.3) is 0 Å². The molecule has 4 aromatic rings. The van der Waals surface area contributed by atoms with Crippen LogP contribution in [0.25, 0.3) is 27.8 Å². The van der Waals surface area contributed by atoms with Gasteiger partial charge in [-0.15, -0.1) is 0 Å². The Bertz CT molecular complexity index is 3020. The van der Waals surface area contributed by atoms with Crippen LogP contribution in [0, 0.1) is 5.92 Å². The van der Waals surface area contributed by atoms with E-state index in [1.165, 1.54) is 0 Å². The molecule has 10 rings (SSSR count). The van der Waals surface area contributed by atoms with E-state index in [1.54, 1.807) is 0 Å². The van der Waals surface area contributed by atoms with Crippen molar-refractivity contribution in [2.75, 3.05) is 6.61 Å². The molecule has 0 amide bonds. The third kappa shape index (κ3) is 5.47. The lowest BCUT2D eigenvalue weighted by atomic mass is 9.80. The number of phenolic OH excluding ortho intramolecular Hbond substituents is 12. The molecule has 25 heteroatoms. The van der Waals surface area contributed by atoms with Crippen molar-refractivity contribution in [3.8, 4) is 91.2 Å². The molecule has 0 saturated carbocycles. The minimum atomic E-state index is -2.72. The lowest BCUT2D eigenvalue weighted by Gasteiger charge is -2.40. The fourth-order valence-corrected chi connectivity index (χ4v) is 8.57. The van der Waals surface area contributed by atoms with E-state index < -0.39 is 221 Å². The third-order valence-corrected chi connectivity index (χ3v) is 11.5. The van der Waals surface area contributed by atoms with Gasteiger partial charge in [0.2, 0.25) is 23.0 Å². The Morgan fingerprint density at radius 2 is 0.923 bits per heavy atom. The summed E-state index contributed by atoms with van der Waals surface area (Å²) in [5.41, 5.74) is -12.8. The molecular weight excluding hydrogens is 880 g/mol. The summed E-state index contributed by atoms with van der Waals surface area (Å²) >= 11 is 0. The van der Waals surface area contributed by atoms with Crippen molar-refractivity contribution < 1.29 is 124 Å². The number of rotatable bonds is 0. The zero-order chi connectivity index (χ0) is 47.1. The smallest absolute Gasteiger partial charge is 0.340 e. The molecule has 0 spiro atoms. The first kappa shape index (κ1) is 41.4. The van der Waals surface area contributed by atoms with Gasteiger partial charge in [-0.25, -0.2) is 19.2 Å². The normalized spacial score (nSPS) is 23.3. The Labute approximate surface area is 356 Å². The number of phenols is 12. The number of allylic oxidation sites excluding steroid dienone is 1. The second kappa shape index (κ2) is 13.8. The van der Waals surface area contributed by atoms with Gasteiger partial charge in [0.05, 0.1) is 28.2 Å². The molecule has 1 unspecified atom stereocenters. The van der Waals surface area contributed by atoms with Crippen molar-refractivity contribution in [3.63, 3.8) is 0 Å². The highest BCUT2D eigenvalue weighted by Gasteiger charge is 2.56. The number of benzene rings is 4. The van der Waals surface area contributed by atoms with E-state index in [2.05, 4.69) is 0 Å². The second-order valence-corrected chi connectivity index (χ2v) is 15.0. The Morgan fingerprint density at radius 1 is 0.446 bits per heavy atom. The number of hydrogen-bond acceptors (Lipinski definition) is 25. The van der Waals surface area contributed by atoms with Gasteiger partial charge in [0.15, 0.2) is 82.0 Å². The standard InChI is InChI=1S/C40H26O25/c41-8-2-7-14(21(8)44)15-18-16(27(50)31(54)26(15)49)17-19-20(29(52)32(55)28(17)51)30(53)34(64-40(19)60)35(65-39(18)59)33-11(62-37(7)57)4-61-36(56)5-1-9(42)22(45)24(47)12(5)13-6(38(58)63-33)3-10(43)23(46)25(13)48/h1,3,7,11,30,33-35,42-55H,2,4H2/t7?,11-,30+,33-,34+,35+/m1/s1. The van der Waals surface area contributed by atoms with E-state index in [0.29, 0.717) is 12.1 Å². The van der Waals surface area contributed by atoms with Crippen LogP contribution < -0.4 is 0 Å². The van der Waals surface area contributed by atoms with Crippen molar-refractivity contribution in [1.29, 1.82) is 0 Å². The summed E-state index contributed by atoms with van der Waals surface area (Å²) in [6.45, 7) is -1.44. The van der Waals surface area contributed by atoms with Gasteiger partial charge in [0.1, 0.15) is 12.7 Å². The number of Topliss-reactive ketones (excluding diaryl/α,β-unsaturated/α-hetero) is 1. The molecule has 65 heavy (non-hydrogen) atoms. The first-order valence-electron chi connectivity index (χ1n) is 18.4. The Hall–Kier alpha value is -9.00.